The van der Waals surface area contributed by atoms with Crippen molar-refractivity contribution in [1.82, 2.24) is 0 Å². The molecular formula is C27H28FNO4. The predicted octanol–water partition coefficient (Wildman–Crippen LogP) is 4.98. The third kappa shape index (κ3) is 4.81. The minimum Gasteiger partial charge on any atom is -0.463 e. The molecule has 0 bridgehead atoms. The second kappa shape index (κ2) is 10.2. The molecule has 1 heterocycles. The lowest BCUT2D eigenvalue weighted by Crippen LogP contribution is -2.38. The van der Waals surface area contributed by atoms with Gasteiger partial charge in [-0.2, -0.15) is 0 Å². The first-order valence-electron chi connectivity index (χ1n) is 11.4. The number of ether oxygens (including phenoxy) is 2. The third-order valence-corrected chi connectivity index (χ3v) is 6.33. The van der Waals surface area contributed by atoms with Gasteiger partial charge in [-0.15, -0.1) is 0 Å². The summed E-state index contributed by atoms with van der Waals surface area (Å²) in [7, 11) is 0. The van der Waals surface area contributed by atoms with Crippen LogP contribution in [0.15, 0.2) is 70.9 Å². The molecular weight excluding hydrogens is 421 g/mol. The number of Topliss-reactive ketones (excluding diaryl/α,β-unsaturated/α-hetero) is 1. The summed E-state index contributed by atoms with van der Waals surface area (Å²) in [6.07, 6.45) is 0.869. The number of rotatable bonds is 7. The first-order chi connectivity index (χ1) is 16.0. The number of benzene rings is 2. The minimum atomic E-state index is -0.862. The highest BCUT2D eigenvalue weighted by Crippen LogP contribution is 2.47. The van der Waals surface area contributed by atoms with Crippen LogP contribution in [0.5, 0.6) is 0 Å². The molecule has 0 amide bonds. The van der Waals surface area contributed by atoms with Crippen LogP contribution in [0.3, 0.4) is 0 Å². The Morgan fingerprint density at radius 3 is 2.52 bits per heavy atom. The number of nitrogens with zero attached hydrogens (tertiary/aromatic N) is 1. The number of aliphatic imine (C=N–C) groups is 1. The molecule has 5 nitrogen and oxygen atoms in total. The van der Waals surface area contributed by atoms with Crippen molar-refractivity contribution in [2.75, 3.05) is 19.8 Å². The van der Waals surface area contributed by atoms with Crippen LogP contribution in [0.2, 0.25) is 0 Å². The van der Waals surface area contributed by atoms with Crippen molar-refractivity contribution in [2.24, 2.45) is 10.9 Å². The summed E-state index contributed by atoms with van der Waals surface area (Å²) < 4.78 is 25.7. The second-order valence-corrected chi connectivity index (χ2v) is 8.39. The molecule has 0 aromatic heterocycles. The SMILES string of the molecule is CCOCCOC(=O)C1C(C)=NC2=C(C(=O)CC(c3ccccc3)C2)C1c1ccccc1F. The number of allylic oxidation sites excluding steroid dienone is 2. The average molecular weight is 450 g/mol. The molecule has 3 atom stereocenters. The van der Waals surface area contributed by atoms with E-state index in [1.807, 2.05) is 37.3 Å². The lowest BCUT2D eigenvalue weighted by molar-refractivity contribution is -0.148. The van der Waals surface area contributed by atoms with Crippen molar-refractivity contribution in [2.45, 2.75) is 38.5 Å². The second-order valence-electron chi connectivity index (χ2n) is 8.39. The fourth-order valence-electron chi connectivity index (χ4n) is 4.82. The Morgan fingerprint density at radius 1 is 1.06 bits per heavy atom. The summed E-state index contributed by atoms with van der Waals surface area (Å²) in [5.41, 5.74) is 3.00. The first-order valence-corrected chi connectivity index (χ1v) is 11.4. The van der Waals surface area contributed by atoms with Crippen molar-refractivity contribution >= 4 is 17.5 Å². The van der Waals surface area contributed by atoms with Gasteiger partial charge in [0.05, 0.1) is 6.61 Å². The van der Waals surface area contributed by atoms with E-state index in [4.69, 9.17) is 14.5 Å². The molecule has 1 aliphatic heterocycles. The Balaban J connectivity index is 1.72. The van der Waals surface area contributed by atoms with Crippen LogP contribution in [0.4, 0.5) is 4.39 Å². The van der Waals surface area contributed by atoms with E-state index in [-0.39, 0.29) is 24.9 Å². The maximum absolute atomic E-state index is 15.0. The van der Waals surface area contributed by atoms with Crippen molar-refractivity contribution in [3.8, 4) is 0 Å². The van der Waals surface area contributed by atoms with Crippen molar-refractivity contribution in [1.29, 1.82) is 0 Å². The molecule has 4 rings (SSSR count). The van der Waals surface area contributed by atoms with Gasteiger partial charge in [0, 0.05) is 35.9 Å². The molecule has 1 aliphatic carbocycles. The van der Waals surface area contributed by atoms with Gasteiger partial charge in [-0.1, -0.05) is 48.5 Å². The predicted molar refractivity (Wildman–Crippen MR) is 124 cm³/mol. The average Bonchev–Trinajstić information content (AvgIpc) is 2.81. The fourth-order valence-corrected chi connectivity index (χ4v) is 4.82. The summed E-state index contributed by atoms with van der Waals surface area (Å²) in [6, 6.07) is 16.2. The molecule has 0 saturated carbocycles. The number of carbonyl (C=O) groups is 2. The largest absolute Gasteiger partial charge is 0.463 e. The number of esters is 1. The summed E-state index contributed by atoms with van der Waals surface area (Å²) >= 11 is 0. The standard InChI is InChI=1S/C27H28FNO4/c1-3-32-13-14-33-27(31)24-17(2)29-22-15-19(18-9-5-4-6-10-18)16-23(30)26(22)25(24)20-11-7-8-12-21(20)28/h4-12,19,24-25H,3,13-16H2,1-2H3. The Hall–Kier alpha value is -3.12. The van der Waals surface area contributed by atoms with Gasteiger partial charge < -0.3 is 9.47 Å². The number of hydrogen-bond donors (Lipinski definition) is 0. The van der Waals surface area contributed by atoms with Crippen LogP contribution >= 0.6 is 0 Å². The number of carbonyl (C=O) groups excluding carboxylic acids is 2. The molecule has 0 saturated heterocycles. The van der Waals surface area contributed by atoms with E-state index in [2.05, 4.69) is 0 Å². The zero-order valence-corrected chi connectivity index (χ0v) is 18.9. The lowest BCUT2D eigenvalue weighted by Gasteiger charge is -2.36. The molecule has 2 aromatic carbocycles. The highest BCUT2D eigenvalue weighted by molar-refractivity contribution is 6.09. The highest BCUT2D eigenvalue weighted by Gasteiger charge is 2.45. The number of ketones is 1. The summed E-state index contributed by atoms with van der Waals surface area (Å²) in [4.78, 5) is 31.3. The van der Waals surface area contributed by atoms with E-state index in [0.717, 1.165) is 5.56 Å². The molecule has 3 unspecified atom stereocenters. The van der Waals surface area contributed by atoms with Crippen molar-refractivity contribution in [3.05, 3.63) is 82.8 Å². The van der Waals surface area contributed by atoms with Gasteiger partial charge in [0.25, 0.3) is 0 Å². The normalized spacial score (nSPS) is 22.6. The molecule has 6 heteroatoms. The Labute approximate surface area is 193 Å². The van der Waals surface area contributed by atoms with E-state index in [0.29, 0.717) is 42.0 Å². The molecule has 0 N–H and O–H groups in total. The van der Waals surface area contributed by atoms with Crippen molar-refractivity contribution < 1.29 is 23.5 Å². The van der Waals surface area contributed by atoms with Crippen LogP contribution in [0, 0.1) is 11.7 Å². The molecule has 2 aliphatic rings. The van der Waals surface area contributed by atoms with E-state index in [1.165, 1.54) is 6.07 Å². The van der Waals surface area contributed by atoms with Gasteiger partial charge in [-0.05, 0) is 43.4 Å². The quantitative estimate of drug-likeness (QED) is 0.442. The highest BCUT2D eigenvalue weighted by atomic mass is 19.1. The van der Waals surface area contributed by atoms with Crippen molar-refractivity contribution in [3.63, 3.8) is 0 Å². The van der Waals surface area contributed by atoms with Crippen LogP contribution in [-0.4, -0.2) is 37.3 Å². The van der Waals surface area contributed by atoms with Crippen LogP contribution in [0.1, 0.15) is 49.7 Å². The summed E-state index contributed by atoms with van der Waals surface area (Å²) in [5, 5.41) is 0. The Morgan fingerprint density at radius 2 is 1.79 bits per heavy atom. The van der Waals surface area contributed by atoms with Gasteiger partial charge in [-0.25, -0.2) is 4.39 Å². The molecule has 0 radical (unpaired) electrons. The van der Waals surface area contributed by atoms with Gasteiger partial charge in [-0.3, -0.25) is 14.6 Å². The fraction of sp³-hybridized carbons (Fsp3) is 0.370. The number of halogens is 1. The zero-order valence-electron chi connectivity index (χ0n) is 18.9. The zero-order chi connectivity index (χ0) is 23.4. The van der Waals surface area contributed by atoms with Gasteiger partial charge in [0.15, 0.2) is 5.78 Å². The van der Waals surface area contributed by atoms with Gasteiger partial charge in [0.2, 0.25) is 0 Å². The minimum absolute atomic E-state index is 0.00460. The topological polar surface area (TPSA) is 65.0 Å². The van der Waals surface area contributed by atoms with Gasteiger partial charge in [0.1, 0.15) is 18.3 Å². The van der Waals surface area contributed by atoms with E-state index in [1.54, 1.807) is 25.1 Å². The molecule has 172 valence electrons. The monoisotopic (exact) mass is 449 g/mol. The van der Waals surface area contributed by atoms with Crippen LogP contribution in [0.25, 0.3) is 0 Å². The maximum Gasteiger partial charge on any atom is 0.315 e. The van der Waals surface area contributed by atoms with E-state index < -0.39 is 23.6 Å². The number of hydrogen-bond acceptors (Lipinski definition) is 5. The lowest BCUT2D eigenvalue weighted by atomic mass is 9.69. The van der Waals surface area contributed by atoms with Crippen LogP contribution < -0.4 is 0 Å². The third-order valence-electron chi connectivity index (χ3n) is 6.33. The molecule has 0 fully saturated rings. The van der Waals surface area contributed by atoms with Crippen LogP contribution in [-0.2, 0) is 19.1 Å². The van der Waals surface area contributed by atoms with Gasteiger partial charge >= 0.3 is 5.97 Å². The first kappa shape index (κ1) is 23.1. The maximum atomic E-state index is 15.0. The Bertz CT molecular complexity index is 1090. The molecule has 33 heavy (non-hydrogen) atoms. The molecule has 2 aromatic rings. The Kier molecular flexibility index (Phi) is 7.14. The summed E-state index contributed by atoms with van der Waals surface area (Å²) in [6.45, 7) is 4.51. The summed E-state index contributed by atoms with van der Waals surface area (Å²) in [5.74, 6) is -2.68. The smallest absolute Gasteiger partial charge is 0.315 e. The van der Waals surface area contributed by atoms with E-state index >= 15 is 0 Å². The van der Waals surface area contributed by atoms with E-state index in [9.17, 15) is 14.0 Å². The molecule has 0 spiro atoms.